The van der Waals surface area contributed by atoms with Gasteiger partial charge in [0.05, 0.1) is 11.9 Å². The molecule has 0 spiro atoms. The van der Waals surface area contributed by atoms with Crippen molar-refractivity contribution in [3.05, 3.63) is 71.7 Å². The third-order valence-electron chi connectivity index (χ3n) is 9.06. The van der Waals surface area contributed by atoms with Crippen molar-refractivity contribution in [3.8, 4) is 17.0 Å². The van der Waals surface area contributed by atoms with Gasteiger partial charge < -0.3 is 24.6 Å². The van der Waals surface area contributed by atoms with Gasteiger partial charge in [0.15, 0.2) is 23.0 Å². The number of benzene rings is 2. The number of halogens is 4. The smallest absolute Gasteiger partial charge is 0.410 e. The summed E-state index contributed by atoms with van der Waals surface area (Å²) in [4.78, 5) is 40.9. The van der Waals surface area contributed by atoms with Crippen LogP contribution in [0, 0.1) is 17.6 Å². The number of anilines is 2. The first-order valence-corrected chi connectivity index (χ1v) is 17.0. The van der Waals surface area contributed by atoms with E-state index in [2.05, 4.69) is 24.9 Å². The third kappa shape index (κ3) is 8.03. The van der Waals surface area contributed by atoms with Crippen LogP contribution in [-0.2, 0) is 11.2 Å². The zero-order valence-electron chi connectivity index (χ0n) is 29.0. The lowest BCUT2D eigenvalue weighted by Crippen LogP contribution is -2.50. The normalized spacial score (nSPS) is 17.0. The molecule has 2 aliphatic heterocycles. The van der Waals surface area contributed by atoms with Crippen LogP contribution in [0.15, 0.2) is 48.9 Å². The van der Waals surface area contributed by atoms with E-state index < -0.39 is 29.6 Å². The van der Waals surface area contributed by atoms with Crippen LogP contribution in [-0.4, -0.2) is 99.1 Å². The minimum absolute atomic E-state index is 0.0348. The molecule has 2 saturated heterocycles. The molecular weight excluding hydrogens is 670 g/mol. The molecule has 6 rings (SSSR count). The number of ether oxygens (including phenoxy) is 2. The molecule has 11 nitrogen and oxygen atoms in total. The molecule has 0 bridgehead atoms. The Bertz CT molecular complexity index is 1910. The summed E-state index contributed by atoms with van der Waals surface area (Å²) in [5.41, 5.74) is 1.89. The molecule has 2 aromatic carbocycles. The zero-order valence-corrected chi connectivity index (χ0v) is 29.0. The van der Waals surface area contributed by atoms with Gasteiger partial charge in [0.25, 0.3) is 5.91 Å². The van der Waals surface area contributed by atoms with Crippen molar-refractivity contribution >= 4 is 29.2 Å². The number of likely N-dealkylation sites (tertiary alicyclic amines) is 1. The van der Waals surface area contributed by atoms with Gasteiger partial charge in [0.2, 0.25) is 5.82 Å². The molecule has 2 aliphatic rings. The van der Waals surface area contributed by atoms with E-state index in [9.17, 15) is 27.2 Å². The SMILES string of the molecule is CCc1cc(Nc2nccn3c(-c4ccc(OC(F)F)c(F)c4F)cnc23)ccc1C(=O)N1CCN(CC2CCN(C(=O)OC(C)(C)C)C2)CC1. The van der Waals surface area contributed by atoms with E-state index in [0.29, 0.717) is 61.2 Å². The molecule has 2 fully saturated rings. The van der Waals surface area contributed by atoms with Gasteiger partial charge in [-0.15, -0.1) is 0 Å². The Kier molecular flexibility index (Phi) is 10.4. The zero-order chi connectivity index (χ0) is 36.4. The van der Waals surface area contributed by atoms with Crippen LogP contribution >= 0.6 is 0 Å². The number of carbonyl (C=O) groups is 2. The van der Waals surface area contributed by atoms with Gasteiger partial charge in [-0.25, -0.2) is 19.2 Å². The molecule has 4 heterocycles. The van der Waals surface area contributed by atoms with Gasteiger partial charge >= 0.3 is 12.7 Å². The maximum atomic E-state index is 14.9. The molecule has 0 radical (unpaired) electrons. The van der Waals surface area contributed by atoms with E-state index in [0.717, 1.165) is 43.8 Å². The summed E-state index contributed by atoms with van der Waals surface area (Å²) < 4.78 is 65.7. The molecule has 272 valence electrons. The number of nitrogens with zero attached hydrogens (tertiary/aromatic N) is 6. The highest BCUT2D eigenvalue weighted by atomic mass is 19.3. The number of piperazine rings is 1. The second kappa shape index (κ2) is 14.7. The average molecular weight is 712 g/mol. The molecule has 4 aromatic rings. The van der Waals surface area contributed by atoms with Crippen LogP contribution in [0.3, 0.4) is 0 Å². The first kappa shape index (κ1) is 35.9. The monoisotopic (exact) mass is 711 g/mol. The minimum Gasteiger partial charge on any atom is -0.444 e. The molecule has 0 aliphatic carbocycles. The number of rotatable bonds is 9. The van der Waals surface area contributed by atoms with Gasteiger partial charge in [0, 0.05) is 75.0 Å². The predicted molar refractivity (Wildman–Crippen MR) is 182 cm³/mol. The summed E-state index contributed by atoms with van der Waals surface area (Å²) in [5.74, 6) is -3.12. The van der Waals surface area contributed by atoms with Crippen LogP contribution in [0.5, 0.6) is 5.75 Å². The lowest BCUT2D eigenvalue weighted by atomic mass is 10.0. The first-order chi connectivity index (χ1) is 24.3. The Morgan fingerprint density at radius 2 is 1.76 bits per heavy atom. The van der Waals surface area contributed by atoms with E-state index in [1.54, 1.807) is 17.0 Å². The maximum Gasteiger partial charge on any atom is 0.410 e. The Morgan fingerprint density at radius 1 is 1.00 bits per heavy atom. The Morgan fingerprint density at radius 3 is 2.47 bits per heavy atom. The largest absolute Gasteiger partial charge is 0.444 e. The van der Waals surface area contributed by atoms with Crippen molar-refractivity contribution in [2.45, 2.75) is 52.7 Å². The van der Waals surface area contributed by atoms with Crippen molar-refractivity contribution in [1.82, 2.24) is 29.1 Å². The summed E-state index contributed by atoms with van der Waals surface area (Å²) in [5, 5.41) is 3.22. The summed E-state index contributed by atoms with van der Waals surface area (Å²) in [6.07, 6.45) is 5.59. The highest BCUT2D eigenvalue weighted by molar-refractivity contribution is 5.96. The van der Waals surface area contributed by atoms with E-state index in [1.165, 1.54) is 23.0 Å². The number of fused-ring (bicyclic) bond motifs is 1. The van der Waals surface area contributed by atoms with Crippen LogP contribution in [0.1, 0.15) is 50.0 Å². The van der Waals surface area contributed by atoms with Crippen molar-refractivity contribution in [1.29, 1.82) is 0 Å². The van der Waals surface area contributed by atoms with Gasteiger partial charge in [-0.2, -0.15) is 13.2 Å². The third-order valence-corrected chi connectivity index (χ3v) is 9.06. The molecule has 1 N–H and O–H groups in total. The Labute approximate surface area is 293 Å². The second-order valence-corrected chi connectivity index (χ2v) is 13.8. The van der Waals surface area contributed by atoms with Crippen molar-refractivity contribution in [2.75, 3.05) is 51.1 Å². The fraction of sp³-hybridized carbons (Fsp3) is 0.444. The van der Waals surface area contributed by atoms with Crippen molar-refractivity contribution < 1.29 is 36.6 Å². The lowest BCUT2D eigenvalue weighted by molar-refractivity contribution is -0.0525. The van der Waals surface area contributed by atoms with Crippen LogP contribution in [0.2, 0.25) is 0 Å². The van der Waals surface area contributed by atoms with E-state index in [4.69, 9.17) is 4.74 Å². The maximum absolute atomic E-state index is 14.9. The second-order valence-electron chi connectivity index (χ2n) is 13.8. The molecule has 2 amide bonds. The molecule has 0 saturated carbocycles. The minimum atomic E-state index is -3.30. The lowest BCUT2D eigenvalue weighted by Gasteiger charge is -2.36. The van der Waals surface area contributed by atoms with Crippen LogP contribution in [0.4, 0.5) is 33.9 Å². The average Bonchev–Trinajstić information content (AvgIpc) is 3.74. The van der Waals surface area contributed by atoms with E-state index >= 15 is 0 Å². The molecule has 1 unspecified atom stereocenters. The van der Waals surface area contributed by atoms with Crippen LogP contribution in [0.25, 0.3) is 16.9 Å². The first-order valence-electron chi connectivity index (χ1n) is 17.0. The van der Waals surface area contributed by atoms with Crippen molar-refractivity contribution in [3.63, 3.8) is 0 Å². The molecule has 2 aromatic heterocycles. The fourth-order valence-corrected chi connectivity index (χ4v) is 6.58. The number of aromatic nitrogens is 3. The predicted octanol–water partition coefficient (Wildman–Crippen LogP) is 6.60. The van der Waals surface area contributed by atoms with E-state index in [1.807, 2.05) is 38.7 Å². The molecule has 15 heteroatoms. The summed E-state index contributed by atoms with van der Waals surface area (Å²) in [7, 11) is 0. The van der Waals surface area contributed by atoms with Gasteiger partial charge in [0.1, 0.15) is 5.60 Å². The fourth-order valence-electron chi connectivity index (χ4n) is 6.58. The number of aryl methyl sites for hydroxylation is 1. The number of nitrogens with one attached hydrogen (secondary N) is 1. The Hall–Kier alpha value is -4.92. The highest BCUT2D eigenvalue weighted by Crippen LogP contribution is 2.33. The van der Waals surface area contributed by atoms with Crippen LogP contribution < -0.4 is 10.1 Å². The topological polar surface area (TPSA) is 105 Å². The summed E-state index contributed by atoms with van der Waals surface area (Å²) in [6.45, 7) is 9.22. The Balaban J connectivity index is 1.09. The standard InChI is InChI=1S/C36H41F4N7O4/c1-5-23-18-24(43-31-32-42-19-27(47(32)13-11-41-31)26-8-9-28(50-34(39)40)30(38)29(26)37)6-7-25(23)33(48)45-16-14-44(15-17-45)20-22-10-12-46(21-22)35(49)51-36(2,3)4/h6-9,11,13,18-19,22,34H,5,10,12,14-17,20-21H2,1-4H3,(H,41,43). The number of alkyl halides is 2. The molecule has 1 atom stereocenters. The van der Waals surface area contributed by atoms with E-state index in [-0.39, 0.29) is 23.3 Å². The highest BCUT2D eigenvalue weighted by Gasteiger charge is 2.32. The number of carbonyl (C=O) groups excluding carboxylic acids is 2. The molecule has 51 heavy (non-hydrogen) atoms. The van der Waals surface area contributed by atoms with Crippen molar-refractivity contribution in [2.24, 2.45) is 5.92 Å². The quantitative estimate of drug-likeness (QED) is 0.194. The number of imidazole rings is 1. The summed E-state index contributed by atoms with van der Waals surface area (Å²) >= 11 is 0. The number of hydrogen-bond donors (Lipinski definition) is 1. The molecular formula is C36H41F4N7O4. The number of hydrogen-bond acceptors (Lipinski definition) is 8. The van der Waals surface area contributed by atoms with Gasteiger partial charge in [-0.1, -0.05) is 6.92 Å². The summed E-state index contributed by atoms with van der Waals surface area (Å²) in [6, 6.07) is 7.54. The van der Waals surface area contributed by atoms with Gasteiger partial charge in [-0.05, 0) is 75.4 Å². The number of amides is 2. The van der Waals surface area contributed by atoms with Gasteiger partial charge in [-0.3, -0.25) is 14.1 Å².